The van der Waals surface area contributed by atoms with Crippen molar-refractivity contribution < 1.29 is 30.5 Å². The van der Waals surface area contributed by atoms with Crippen molar-refractivity contribution in [2.24, 2.45) is 0 Å². The smallest absolute Gasteiger partial charge is 0.444 e. The number of sulfonamides is 1. The molecule has 0 amide bonds. The van der Waals surface area contributed by atoms with E-state index in [1.165, 1.54) is 24.7 Å². The predicted octanol–water partition coefficient (Wildman–Crippen LogP) is 4.88. The number of oxazole rings is 1. The van der Waals surface area contributed by atoms with Gasteiger partial charge in [-0.1, -0.05) is 17.3 Å². The zero-order valence-electron chi connectivity index (χ0n) is 14.2. The Hall–Kier alpha value is -3.12. The molecule has 0 saturated heterocycles. The Morgan fingerprint density at radius 3 is 2.62 bits per heavy atom. The summed E-state index contributed by atoms with van der Waals surface area (Å²) in [4.78, 5) is 4.03. The van der Waals surface area contributed by atoms with Gasteiger partial charge in [0.2, 0.25) is 5.76 Å². The summed E-state index contributed by atoms with van der Waals surface area (Å²) in [6.45, 7) is 0. The van der Waals surface area contributed by atoms with Crippen molar-refractivity contribution in [1.82, 2.24) is 10.1 Å². The number of hydrogen-bond donors (Lipinski definition) is 1. The number of anilines is 1. The maximum Gasteiger partial charge on any atom is 0.452 e. The van der Waals surface area contributed by atoms with Crippen molar-refractivity contribution in [2.75, 3.05) is 4.72 Å². The summed E-state index contributed by atoms with van der Waals surface area (Å²) in [5.41, 5.74) is 0.808. The lowest BCUT2D eigenvalue weighted by atomic mass is 10.2. The minimum absolute atomic E-state index is 0.0888. The van der Waals surface area contributed by atoms with E-state index in [-0.39, 0.29) is 20.5 Å². The highest BCUT2D eigenvalue weighted by Crippen LogP contribution is 2.36. The van der Waals surface area contributed by atoms with Crippen LogP contribution in [0.3, 0.4) is 0 Å². The van der Waals surface area contributed by atoms with Gasteiger partial charge in [-0.15, -0.1) is 11.3 Å². The van der Waals surface area contributed by atoms with Crippen LogP contribution in [0.1, 0.15) is 5.76 Å². The lowest BCUT2D eigenvalue weighted by Gasteiger charge is -2.07. The van der Waals surface area contributed by atoms with Crippen LogP contribution in [0.25, 0.3) is 21.9 Å². The number of hydrogen-bond acceptors (Lipinski definition) is 7. The molecule has 3 aromatic heterocycles. The monoisotopic (exact) mass is 441 g/mol. The van der Waals surface area contributed by atoms with E-state index in [1.54, 1.807) is 24.3 Å². The number of alkyl halides is 3. The molecular formula is C17H10F3N3O4S2. The Morgan fingerprint density at radius 2 is 1.93 bits per heavy atom. The highest BCUT2D eigenvalue weighted by atomic mass is 32.2. The van der Waals surface area contributed by atoms with Crippen molar-refractivity contribution in [3.63, 3.8) is 0 Å². The first kappa shape index (κ1) is 19.2. The SMILES string of the molecule is O=S(=O)(Nc1cccc(-c2cnco2)c1)c1ccc(-c2cc(C(F)(F)F)on2)s1. The second-order valence-electron chi connectivity index (χ2n) is 5.74. The van der Waals surface area contributed by atoms with E-state index in [4.69, 9.17) is 4.42 Å². The number of rotatable bonds is 5. The van der Waals surface area contributed by atoms with Crippen LogP contribution in [-0.4, -0.2) is 18.6 Å². The molecule has 12 heteroatoms. The van der Waals surface area contributed by atoms with Crippen LogP contribution in [-0.2, 0) is 16.2 Å². The van der Waals surface area contributed by atoms with Crippen LogP contribution in [0.2, 0.25) is 0 Å². The normalized spacial score (nSPS) is 12.2. The number of benzene rings is 1. The standard InChI is InChI=1S/C17H10F3N3O4S2/c18-17(19,20)15-7-12(22-27-15)14-4-5-16(28-14)29(24,25)23-11-3-1-2-10(6-11)13-8-21-9-26-13/h1-9,23H. The van der Waals surface area contributed by atoms with Crippen LogP contribution in [0.5, 0.6) is 0 Å². The Bertz CT molecular complexity index is 1240. The molecule has 29 heavy (non-hydrogen) atoms. The van der Waals surface area contributed by atoms with Crippen LogP contribution >= 0.6 is 11.3 Å². The summed E-state index contributed by atoms with van der Waals surface area (Å²) in [6.07, 6.45) is -1.92. The Balaban J connectivity index is 1.58. The van der Waals surface area contributed by atoms with E-state index >= 15 is 0 Å². The second kappa shape index (κ2) is 7.04. The van der Waals surface area contributed by atoms with Crippen molar-refractivity contribution in [2.45, 2.75) is 10.4 Å². The zero-order chi connectivity index (χ0) is 20.6. The number of aromatic nitrogens is 2. The van der Waals surface area contributed by atoms with Crippen LogP contribution in [0.15, 0.2) is 68.2 Å². The molecule has 0 aliphatic rings. The predicted molar refractivity (Wildman–Crippen MR) is 97.6 cm³/mol. The molecule has 0 aliphatic heterocycles. The molecular weight excluding hydrogens is 431 g/mol. The van der Waals surface area contributed by atoms with E-state index in [1.807, 2.05) is 0 Å². The first-order chi connectivity index (χ1) is 13.7. The third-order valence-electron chi connectivity index (χ3n) is 3.72. The average Bonchev–Trinajstić information content (AvgIpc) is 3.41. The highest BCUT2D eigenvalue weighted by Gasteiger charge is 2.36. The number of thiophene rings is 1. The fourth-order valence-corrected chi connectivity index (χ4v) is 4.73. The topological polar surface area (TPSA) is 98.2 Å². The minimum atomic E-state index is -4.67. The van der Waals surface area contributed by atoms with Gasteiger partial charge in [-0.2, -0.15) is 13.2 Å². The molecule has 7 nitrogen and oxygen atoms in total. The summed E-state index contributed by atoms with van der Waals surface area (Å²) in [5, 5.41) is 3.36. The van der Waals surface area contributed by atoms with Crippen molar-refractivity contribution in [1.29, 1.82) is 0 Å². The molecule has 0 fully saturated rings. The van der Waals surface area contributed by atoms with E-state index in [0.717, 1.165) is 17.4 Å². The molecule has 0 radical (unpaired) electrons. The lowest BCUT2D eigenvalue weighted by Crippen LogP contribution is -2.11. The number of nitrogens with zero attached hydrogens (tertiary/aromatic N) is 2. The third kappa shape index (κ3) is 4.03. The first-order valence-corrected chi connectivity index (χ1v) is 10.2. The van der Waals surface area contributed by atoms with Gasteiger partial charge in [0.05, 0.1) is 11.1 Å². The Labute approximate surface area is 165 Å². The highest BCUT2D eigenvalue weighted by molar-refractivity contribution is 7.94. The van der Waals surface area contributed by atoms with Gasteiger partial charge < -0.3 is 8.94 Å². The average molecular weight is 441 g/mol. The molecule has 4 aromatic rings. The minimum Gasteiger partial charge on any atom is -0.444 e. The van der Waals surface area contributed by atoms with Crippen LogP contribution in [0.4, 0.5) is 18.9 Å². The Kier molecular flexibility index (Phi) is 4.67. The number of halogens is 3. The lowest BCUT2D eigenvalue weighted by molar-refractivity contribution is -0.155. The molecule has 0 spiro atoms. The van der Waals surface area contributed by atoms with E-state index in [2.05, 4.69) is 19.4 Å². The summed E-state index contributed by atoms with van der Waals surface area (Å²) >= 11 is 0.769. The molecule has 150 valence electrons. The Morgan fingerprint density at radius 1 is 1.10 bits per heavy atom. The third-order valence-corrected chi connectivity index (χ3v) is 6.70. The van der Waals surface area contributed by atoms with Crippen LogP contribution < -0.4 is 4.72 Å². The molecule has 0 aliphatic carbocycles. The number of nitrogens with one attached hydrogen (secondary N) is 1. The van der Waals surface area contributed by atoms with Crippen molar-refractivity contribution >= 4 is 27.0 Å². The van der Waals surface area contributed by atoms with Gasteiger partial charge in [0.15, 0.2) is 12.2 Å². The molecule has 0 unspecified atom stereocenters. The van der Waals surface area contributed by atoms with Gasteiger partial charge in [0.25, 0.3) is 10.0 Å². The van der Waals surface area contributed by atoms with E-state index < -0.39 is 22.0 Å². The van der Waals surface area contributed by atoms with Gasteiger partial charge in [-0.05, 0) is 24.3 Å². The van der Waals surface area contributed by atoms with Gasteiger partial charge in [0, 0.05) is 17.3 Å². The zero-order valence-corrected chi connectivity index (χ0v) is 15.8. The molecule has 0 saturated carbocycles. The second-order valence-corrected chi connectivity index (χ2v) is 8.74. The molecule has 4 rings (SSSR count). The molecule has 1 N–H and O–H groups in total. The van der Waals surface area contributed by atoms with Gasteiger partial charge in [0.1, 0.15) is 9.90 Å². The molecule has 0 bridgehead atoms. The van der Waals surface area contributed by atoms with E-state index in [0.29, 0.717) is 11.3 Å². The van der Waals surface area contributed by atoms with Crippen LogP contribution in [0, 0.1) is 0 Å². The molecule has 3 heterocycles. The fraction of sp³-hybridized carbons (Fsp3) is 0.0588. The maximum atomic E-state index is 12.6. The van der Waals surface area contributed by atoms with Crippen molar-refractivity contribution in [3.05, 3.63) is 60.8 Å². The van der Waals surface area contributed by atoms with Gasteiger partial charge in [-0.3, -0.25) is 4.72 Å². The summed E-state index contributed by atoms with van der Waals surface area (Å²) < 4.78 is 75.0. The van der Waals surface area contributed by atoms with E-state index in [9.17, 15) is 21.6 Å². The summed E-state index contributed by atoms with van der Waals surface area (Å²) in [7, 11) is -3.97. The summed E-state index contributed by atoms with van der Waals surface area (Å²) in [5.74, 6) is -0.788. The fourth-order valence-electron chi connectivity index (χ4n) is 2.43. The summed E-state index contributed by atoms with van der Waals surface area (Å²) in [6, 6.07) is 9.86. The first-order valence-electron chi connectivity index (χ1n) is 7.88. The van der Waals surface area contributed by atoms with Gasteiger partial charge >= 0.3 is 6.18 Å². The largest absolute Gasteiger partial charge is 0.452 e. The molecule has 0 atom stereocenters. The maximum absolute atomic E-state index is 12.6. The molecule has 1 aromatic carbocycles. The quantitative estimate of drug-likeness (QED) is 0.474. The van der Waals surface area contributed by atoms with Crippen molar-refractivity contribution in [3.8, 4) is 21.9 Å². The van der Waals surface area contributed by atoms with Gasteiger partial charge in [-0.25, -0.2) is 13.4 Å².